The number of rotatable bonds is 8. The van der Waals surface area contributed by atoms with Gasteiger partial charge in [0, 0.05) is 36.8 Å². The lowest BCUT2D eigenvalue weighted by molar-refractivity contribution is 0.0935. The number of carbonyl (C=O) groups is 1. The van der Waals surface area contributed by atoms with Crippen LogP contribution in [-0.4, -0.2) is 45.9 Å². The molecule has 0 bridgehead atoms. The van der Waals surface area contributed by atoms with Crippen molar-refractivity contribution in [2.45, 2.75) is 39.8 Å². The van der Waals surface area contributed by atoms with Crippen LogP contribution < -0.4 is 10.6 Å². The number of nitrogens with zero attached hydrogens (tertiary/aromatic N) is 3. The highest BCUT2D eigenvalue weighted by molar-refractivity contribution is 7.14. The fourth-order valence-corrected chi connectivity index (χ4v) is 3.18. The van der Waals surface area contributed by atoms with Crippen LogP contribution in [0.4, 0.5) is 10.9 Å². The second-order valence-corrected chi connectivity index (χ2v) is 6.92. The second-order valence-electron chi connectivity index (χ2n) is 6.06. The highest BCUT2D eigenvalue weighted by atomic mass is 32.1. The fraction of sp³-hybridized carbons (Fsp3) is 0.471. The molecule has 0 aliphatic rings. The number of hydrogen-bond acceptors (Lipinski definition) is 6. The summed E-state index contributed by atoms with van der Waals surface area (Å²) < 4.78 is 0. The molecule has 2 aromatic heterocycles. The zero-order valence-corrected chi connectivity index (χ0v) is 15.4. The molecule has 0 unspecified atom stereocenters. The van der Waals surface area contributed by atoms with Crippen molar-refractivity contribution in [2.75, 3.05) is 18.4 Å². The van der Waals surface area contributed by atoms with Gasteiger partial charge in [-0.2, -0.15) is 0 Å². The lowest BCUT2D eigenvalue weighted by atomic mass is 10.2. The van der Waals surface area contributed by atoms with Crippen LogP contribution in [0.3, 0.4) is 0 Å². The quantitative estimate of drug-likeness (QED) is 0.768. The molecule has 2 rings (SSSR count). The van der Waals surface area contributed by atoms with E-state index in [1.165, 1.54) is 11.3 Å². The third kappa shape index (κ3) is 5.28. The van der Waals surface area contributed by atoms with Gasteiger partial charge in [0.05, 0.1) is 0 Å². The van der Waals surface area contributed by atoms with Crippen molar-refractivity contribution < 1.29 is 4.79 Å². The van der Waals surface area contributed by atoms with Crippen LogP contribution in [0, 0.1) is 0 Å². The van der Waals surface area contributed by atoms with Crippen LogP contribution >= 0.6 is 11.3 Å². The maximum absolute atomic E-state index is 12.2. The summed E-state index contributed by atoms with van der Waals surface area (Å²) >= 11 is 1.39. The maximum atomic E-state index is 12.2. The van der Waals surface area contributed by atoms with Gasteiger partial charge in [-0.05, 0) is 39.8 Å². The van der Waals surface area contributed by atoms with E-state index in [2.05, 4.69) is 53.2 Å². The molecule has 130 valence electrons. The summed E-state index contributed by atoms with van der Waals surface area (Å²) in [6, 6.07) is 6.51. The van der Waals surface area contributed by atoms with Crippen molar-refractivity contribution in [2.24, 2.45) is 0 Å². The number of amides is 1. The zero-order chi connectivity index (χ0) is 17.5. The molecular weight excluding hydrogens is 322 g/mol. The molecule has 6 nitrogen and oxygen atoms in total. The predicted molar refractivity (Wildman–Crippen MR) is 98.9 cm³/mol. The lowest BCUT2D eigenvalue weighted by Crippen LogP contribution is -2.42. The van der Waals surface area contributed by atoms with E-state index in [9.17, 15) is 4.79 Å². The molecule has 0 aromatic carbocycles. The molecule has 2 heterocycles. The molecule has 7 heteroatoms. The molecule has 0 atom stereocenters. The Kier molecular flexibility index (Phi) is 6.69. The Morgan fingerprint density at radius 1 is 1.25 bits per heavy atom. The Balaban J connectivity index is 1.85. The number of carbonyl (C=O) groups excluding carboxylic acids is 1. The first-order valence-corrected chi connectivity index (χ1v) is 9.03. The number of aromatic nitrogens is 2. The zero-order valence-electron chi connectivity index (χ0n) is 14.6. The van der Waals surface area contributed by atoms with Crippen LogP contribution in [-0.2, 0) is 0 Å². The first-order valence-electron chi connectivity index (χ1n) is 8.15. The molecule has 24 heavy (non-hydrogen) atoms. The average Bonchev–Trinajstić information content (AvgIpc) is 3.00. The molecule has 0 fully saturated rings. The molecule has 0 aliphatic heterocycles. The van der Waals surface area contributed by atoms with Gasteiger partial charge in [0.2, 0.25) is 0 Å². The first-order chi connectivity index (χ1) is 11.5. The molecule has 0 spiro atoms. The van der Waals surface area contributed by atoms with E-state index in [4.69, 9.17) is 0 Å². The number of nitrogens with one attached hydrogen (secondary N) is 2. The van der Waals surface area contributed by atoms with Gasteiger partial charge in [-0.3, -0.25) is 9.69 Å². The van der Waals surface area contributed by atoms with E-state index in [0.717, 1.165) is 6.54 Å². The third-order valence-corrected chi connectivity index (χ3v) is 4.38. The van der Waals surface area contributed by atoms with E-state index in [0.29, 0.717) is 35.3 Å². The van der Waals surface area contributed by atoms with Crippen molar-refractivity contribution in [3.05, 3.63) is 35.5 Å². The molecule has 0 radical (unpaired) electrons. The monoisotopic (exact) mass is 347 g/mol. The van der Waals surface area contributed by atoms with Crippen LogP contribution in [0.1, 0.15) is 38.2 Å². The van der Waals surface area contributed by atoms with Gasteiger partial charge in [0.25, 0.3) is 5.91 Å². The highest BCUT2D eigenvalue weighted by Gasteiger charge is 2.15. The first kappa shape index (κ1) is 18.4. The van der Waals surface area contributed by atoms with Crippen LogP contribution in [0.5, 0.6) is 0 Å². The Labute approximate surface area is 147 Å². The maximum Gasteiger partial charge on any atom is 0.270 e. The minimum Gasteiger partial charge on any atom is -0.349 e. The second kappa shape index (κ2) is 8.75. The Morgan fingerprint density at radius 3 is 2.62 bits per heavy atom. The number of thiazole rings is 1. The summed E-state index contributed by atoms with van der Waals surface area (Å²) in [5.74, 6) is 0.566. The van der Waals surface area contributed by atoms with Gasteiger partial charge < -0.3 is 10.6 Å². The highest BCUT2D eigenvalue weighted by Crippen LogP contribution is 2.19. The van der Waals surface area contributed by atoms with Gasteiger partial charge in [-0.1, -0.05) is 6.07 Å². The topological polar surface area (TPSA) is 70.2 Å². The van der Waals surface area contributed by atoms with E-state index >= 15 is 0 Å². The average molecular weight is 347 g/mol. The van der Waals surface area contributed by atoms with Crippen molar-refractivity contribution in [3.63, 3.8) is 0 Å². The van der Waals surface area contributed by atoms with Crippen molar-refractivity contribution in [3.8, 4) is 0 Å². The summed E-state index contributed by atoms with van der Waals surface area (Å²) in [5, 5.41) is 8.44. The third-order valence-electron chi connectivity index (χ3n) is 3.62. The van der Waals surface area contributed by atoms with Gasteiger partial charge in [-0.15, -0.1) is 11.3 Å². The number of hydrogen-bond donors (Lipinski definition) is 2. The Hall–Kier alpha value is -1.99. The smallest absolute Gasteiger partial charge is 0.270 e. The van der Waals surface area contributed by atoms with Gasteiger partial charge in [0.1, 0.15) is 11.5 Å². The van der Waals surface area contributed by atoms with Crippen LogP contribution in [0.15, 0.2) is 29.8 Å². The molecule has 0 aliphatic carbocycles. The molecule has 2 N–H and O–H groups in total. The van der Waals surface area contributed by atoms with E-state index < -0.39 is 0 Å². The number of pyridine rings is 1. The van der Waals surface area contributed by atoms with Gasteiger partial charge >= 0.3 is 0 Å². The predicted octanol–water partition coefficient (Wildman–Crippen LogP) is 3.13. The summed E-state index contributed by atoms with van der Waals surface area (Å²) in [6.45, 7) is 10.1. The molecule has 2 aromatic rings. The summed E-state index contributed by atoms with van der Waals surface area (Å²) in [4.78, 5) is 23.0. The summed E-state index contributed by atoms with van der Waals surface area (Å²) in [5.41, 5.74) is 0.430. The summed E-state index contributed by atoms with van der Waals surface area (Å²) in [7, 11) is 0. The van der Waals surface area contributed by atoms with Crippen molar-refractivity contribution in [1.82, 2.24) is 20.2 Å². The number of anilines is 2. The standard InChI is InChI=1S/C17H25N5OS/c1-12(2)22(13(3)4)10-9-19-16(23)14-11-24-17(20-14)21-15-7-5-6-8-18-15/h5-8,11-13H,9-10H2,1-4H3,(H,19,23)(H,18,20,21). The van der Waals surface area contributed by atoms with Crippen molar-refractivity contribution >= 4 is 28.2 Å². The van der Waals surface area contributed by atoms with E-state index in [1.807, 2.05) is 18.2 Å². The van der Waals surface area contributed by atoms with Gasteiger partial charge in [0.15, 0.2) is 5.13 Å². The van der Waals surface area contributed by atoms with Crippen LogP contribution in [0.25, 0.3) is 0 Å². The minimum atomic E-state index is -0.146. The van der Waals surface area contributed by atoms with E-state index in [-0.39, 0.29) is 5.91 Å². The SMILES string of the molecule is CC(C)N(CCNC(=O)c1csc(Nc2ccccn2)n1)C(C)C. The van der Waals surface area contributed by atoms with Crippen molar-refractivity contribution in [1.29, 1.82) is 0 Å². The minimum absolute atomic E-state index is 0.146. The van der Waals surface area contributed by atoms with E-state index in [1.54, 1.807) is 11.6 Å². The molecule has 0 saturated carbocycles. The molecule has 0 saturated heterocycles. The molecular formula is C17H25N5OS. The summed E-state index contributed by atoms with van der Waals surface area (Å²) in [6.07, 6.45) is 1.71. The Bertz CT molecular complexity index is 633. The largest absolute Gasteiger partial charge is 0.349 e. The normalized spacial score (nSPS) is 11.3. The molecule has 1 amide bonds. The lowest BCUT2D eigenvalue weighted by Gasteiger charge is -2.30. The Morgan fingerprint density at radius 2 is 2.00 bits per heavy atom. The van der Waals surface area contributed by atoms with Crippen LogP contribution in [0.2, 0.25) is 0 Å². The fourth-order valence-electron chi connectivity index (χ4n) is 2.48. The van der Waals surface area contributed by atoms with Gasteiger partial charge in [-0.25, -0.2) is 9.97 Å².